The van der Waals surface area contributed by atoms with Gasteiger partial charge in [-0.3, -0.25) is 4.90 Å². The number of nitrogens with one attached hydrogen (secondary N) is 1. The molecular formula is C17H23N3. The summed E-state index contributed by atoms with van der Waals surface area (Å²) in [5, 5.41) is 12.8. The summed E-state index contributed by atoms with van der Waals surface area (Å²) in [6.45, 7) is 5.62. The summed E-state index contributed by atoms with van der Waals surface area (Å²) < 4.78 is 0. The zero-order chi connectivity index (χ0) is 13.8. The van der Waals surface area contributed by atoms with Crippen LogP contribution in [-0.4, -0.2) is 31.1 Å². The fourth-order valence-corrected chi connectivity index (χ4v) is 3.83. The highest BCUT2D eigenvalue weighted by Crippen LogP contribution is 2.36. The van der Waals surface area contributed by atoms with Crippen LogP contribution >= 0.6 is 0 Å². The summed E-state index contributed by atoms with van der Waals surface area (Å²) >= 11 is 0. The first-order valence-electron chi connectivity index (χ1n) is 7.72. The molecule has 0 bridgehead atoms. The van der Waals surface area contributed by atoms with E-state index in [1.807, 2.05) is 18.2 Å². The van der Waals surface area contributed by atoms with E-state index in [0.717, 1.165) is 12.1 Å². The summed E-state index contributed by atoms with van der Waals surface area (Å²) in [6.07, 6.45) is 5.31. The van der Waals surface area contributed by atoms with Gasteiger partial charge in [-0.25, -0.2) is 0 Å². The standard InChI is InChI=1S/C17H23N3/c18-11-15-5-1-2-6-16(15)12-20-10-4-8-17(14-20)7-3-9-19-13-17/h1-2,5-6,19H,3-4,7-10,12-14H2. The van der Waals surface area contributed by atoms with Crippen molar-refractivity contribution in [2.45, 2.75) is 32.2 Å². The summed E-state index contributed by atoms with van der Waals surface area (Å²) in [5.41, 5.74) is 2.49. The molecule has 1 atom stereocenters. The molecule has 0 radical (unpaired) electrons. The van der Waals surface area contributed by atoms with Gasteiger partial charge in [0.2, 0.25) is 0 Å². The molecule has 1 aromatic rings. The minimum absolute atomic E-state index is 0.484. The van der Waals surface area contributed by atoms with Crippen molar-refractivity contribution in [3.05, 3.63) is 35.4 Å². The number of nitriles is 1. The van der Waals surface area contributed by atoms with Crippen LogP contribution < -0.4 is 5.32 Å². The van der Waals surface area contributed by atoms with Gasteiger partial charge in [0, 0.05) is 19.6 Å². The third-order valence-corrected chi connectivity index (χ3v) is 4.83. The second kappa shape index (κ2) is 5.95. The molecule has 1 spiro atoms. The molecule has 0 amide bonds. The predicted octanol–water partition coefficient (Wildman–Crippen LogP) is 2.52. The molecule has 1 unspecified atom stereocenters. The fraction of sp³-hybridized carbons (Fsp3) is 0.588. The molecular weight excluding hydrogens is 246 g/mol. The molecule has 1 aromatic carbocycles. The third kappa shape index (κ3) is 2.87. The molecule has 1 N–H and O–H groups in total. The van der Waals surface area contributed by atoms with Crippen LogP contribution in [0.3, 0.4) is 0 Å². The largest absolute Gasteiger partial charge is 0.316 e. The van der Waals surface area contributed by atoms with Crippen LogP contribution in [0.25, 0.3) is 0 Å². The first-order valence-corrected chi connectivity index (χ1v) is 7.72. The lowest BCUT2D eigenvalue weighted by atomic mass is 9.74. The average molecular weight is 269 g/mol. The first kappa shape index (κ1) is 13.6. The SMILES string of the molecule is N#Cc1ccccc1CN1CCCC2(CCCNC2)C1. The zero-order valence-electron chi connectivity index (χ0n) is 12.1. The number of likely N-dealkylation sites (tertiary alicyclic amines) is 1. The van der Waals surface area contributed by atoms with E-state index in [0.29, 0.717) is 5.41 Å². The number of nitrogens with zero attached hydrogens (tertiary/aromatic N) is 2. The summed E-state index contributed by atoms with van der Waals surface area (Å²) in [6, 6.07) is 10.3. The van der Waals surface area contributed by atoms with Gasteiger partial charge >= 0.3 is 0 Å². The van der Waals surface area contributed by atoms with Crippen molar-refractivity contribution < 1.29 is 0 Å². The molecule has 3 heteroatoms. The van der Waals surface area contributed by atoms with Crippen molar-refractivity contribution >= 4 is 0 Å². The Morgan fingerprint density at radius 3 is 2.90 bits per heavy atom. The molecule has 2 aliphatic rings. The van der Waals surface area contributed by atoms with Gasteiger partial charge in [0.25, 0.3) is 0 Å². The van der Waals surface area contributed by atoms with E-state index < -0.39 is 0 Å². The van der Waals surface area contributed by atoms with Crippen molar-refractivity contribution in [1.82, 2.24) is 10.2 Å². The van der Waals surface area contributed by atoms with E-state index in [9.17, 15) is 5.26 Å². The van der Waals surface area contributed by atoms with Crippen LogP contribution in [0.2, 0.25) is 0 Å². The molecule has 3 nitrogen and oxygen atoms in total. The molecule has 106 valence electrons. The van der Waals surface area contributed by atoms with E-state index in [2.05, 4.69) is 22.4 Å². The normalized spacial score (nSPS) is 27.4. The molecule has 2 fully saturated rings. The minimum atomic E-state index is 0.484. The van der Waals surface area contributed by atoms with Gasteiger partial charge in [0.15, 0.2) is 0 Å². The average Bonchev–Trinajstić information content (AvgIpc) is 2.49. The molecule has 0 saturated carbocycles. The molecule has 2 aliphatic heterocycles. The molecule has 2 saturated heterocycles. The lowest BCUT2D eigenvalue weighted by Gasteiger charge is -2.45. The lowest BCUT2D eigenvalue weighted by molar-refractivity contribution is 0.0600. The Bertz CT molecular complexity index is 492. The van der Waals surface area contributed by atoms with Gasteiger partial charge in [-0.15, -0.1) is 0 Å². The highest BCUT2D eigenvalue weighted by molar-refractivity contribution is 5.37. The van der Waals surface area contributed by atoms with Crippen LogP contribution in [0.4, 0.5) is 0 Å². The molecule has 3 rings (SSSR count). The highest BCUT2D eigenvalue weighted by Gasteiger charge is 2.36. The van der Waals surface area contributed by atoms with Gasteiger partial charge < -0.3 is 5.32 Å². The second-order valence-electron chi connectivity index (χ2n) is 6.36. The van der Waals surface area contributed by atoms with Crippen LogP contribution in [0.15, 0.2) is 24.3 Å². The monoisotopic (exact) mass is 269 g/mol. The first-order chi connectivity index (χ1) is 9.81. The lowest BCUT2D eigenvalue weighted by Crippen LogP contribution is -2.50. The van der Waals surface area contributed by atoms with Crippen LogP contribution in [0.1, 0.15) is 36.8 Å². The van der Waals surface area contributed by atoms with Crippen molar-refractivity contribution in [1.29, 1.82) is 5.26 Å². The maximum absolute atomic E-state index is 9.21. The predicted molar refractivity (Wildman–Crippen MR) is 80.2 cm³/mol. The molecule has 2 heterocycles. The number of rotatable bonds is 2. The third-order valence-electron chi connectivity index (χ3n) is 4.83. The molecule has 0 aliphatic carbocycles. The Balaban J connectivity index is 1.70. The number of benzene rings is 1. The summed E-state index contributed by atoms with van der Waals surface area (Å²) in [4.78, 5) is 2.55. The minimum Gasteiger partial charge on any atom is -0.316 e. The van der Waals surface area contributed by atoms with E-state index in [4.69, 9.17) is 0 Å². The van der Waals surface area contributed by atoms with Gasteiger partial charge in [0.1, 0.15) is 0 Å². The van der Waals surface area contributed by atoms with Crippen molar-refractivity contribution in [3.63, 3.8) is 0 Å². The highest BCUT2D eigenvalue weighted by atomic mass is 15.1. The van der Waals surface area contributed by atoms with Gasteiger partial charge in [0.05, 0.1) is 11.6 Å². The van der Waals surface area contributed by atoms with Crippen LogP contribution in [0.5, 0.6) is 0 Å². The van der Waals surface area contributed by atoms with Crippen molar-refractivity contribution in [2.75, 3.05) is 26.2 Å². The topological polar surface area (TPSA) is 39.1 Å². The van der Waals surface area contributed by atoms with E-state index >= 15 is 0 Å². The van der Waals surface area contributed by atoms with E-state index in [-0.39, 0.29) is 0 Å². The molecule has 0 aromatic heterocycles. The van der Waals surface area contributed by atoms with Crippen LogP contribution in [0, 0.1) is 16.7 Å². The quantitative estimate of drug-likeness (QED) is 0.896. The van der Waals surface area contributed by atoms with E-state index in [1.54, 1.807) is 0 Å². The van der Waals surface area contributed by atoms with Gasteiger partial charge in [-0.1, -0.05) is 18.2 Å². The Kier molecular flexibility index (Phi) is 4.05. The number of piperidine rings is 2. The van der Waals surface area contributed by atoms with Crippen molar-refractivity contribution in [3.8, 4) is 6.07 Å². The summed E-state index contributed by atoms with van der Waals surface area (Å²) in [5.74, 6) is 0. The Morgan fingerprint density at radius 1 is 1.25 bits per heavy atom. The van der Waals surface area contributed by atoms with E-state index in [1.165, 1.54) is 57.4 Å². The smallest absolute Gasteiger partial charge is 0.0995 e. The number of hydrogen-bond acceptors (Lipinski definition) is 3. The maximum Gasteiger partial charge on any atom is 0.0995 e. The zero-order valence-corrected chi connectivity index (χ0v) is 12.1. The Labute approximate surface area is 121 Å². The van der Waals surface area contributed by atoms with Crippen LogP contribution in [-0.2, 0) is 6.54 Å². The van der Waals surface area contributed by atoms with Gasteiger partial charge in [-0.2, -0.15) is 5.26 Å². The number of hydrogen-bond donors (Lipinski definition) is 1. The Hall–Kier alpha value is -1.37. The molecule has 20 heavy (non-hydrogen) atoms. The Morgan fingerprint density at radius 2 is 2.10 bits per heavy atom. The fourth-order valence-electron chi connectivity index (χ4n) is 3.83. The van der Waals surface area contributed by atoms with Crippen molar-refractivity contribution in [2.24, 2.45) is 5.41 Å². The van der Waals surface area contributed by atoms with Gasteiger partial charge in [-0.05, 0) is 55.8 Å². The maximum atomic E-state index is 9.21. The second-order valence-corrected chi connectivity index (χ2v) is 6.36. The summed E-state index contributed by atoms with van der Waals surface area (Å²) in [7, 11) is 0.